The molecule has 2 aromatic rings. The van der Waals surface area contributed by atoms with E-state index < -0.39 is 0 Å². The average Bonchev–Trinajstić information content (AvgIpc) is 3.29. The Labute approximate surface area is 158 Å². The van der Waals surface area contributed by atoms with Crippen LogP contribution in [0.25, 0.3) is 0 Å². The molecule has 1 amide bonds. The predicted molar refractivity (Wildman–Crippen MR) is 102 cm³/mol. The summed E-state index contributed by atoms with van der Waals surface area (Å²) in [5.74, 6) is 0.714. The fraction of sp³-hybridized carbons (Fsp3) is 0.526. The van der Waals surface area contributed by atoms with E-state index in [9.17, 15) is 9.18 Å². The van der Waals surface area contributed by atoms with Gasteiger partial charge in [0.1, 0.15) is 11.6 Å². The molecule has 0 N–H and O–H groups in total. The van der Waals surface area contributed by atoms with Gasteiger partial charge >= 0.3 is 0 Å². The van der Waals surface area contributed by atoms with Crippen molar-refractivity contribution >= 4 is 22.6 Å². The summed E-state index contributed by atoms with van der Waals surface area (Å²) in [6, 6.07) is 6.66. The molecule has 7 heteroatoms. The fourth-order valence-corrected chi connectivity index (χ4v) is 3.98. The van der Waals surface area contributed by atoms with Gasteiger partial charge in [0, 0.05) is 50.1 Å². The average molecular weight is 377 g/mol. The molecular formula is C19H25FN4OS. The number of nitrogens with zero attached hydrogens (tertiary/aromatic N) is 4. The number of anilines is 1. The number of hydrogen-bond donors (Lipinski definition) is 0. The predicted octanol–water partition coefficient (Wildman–Crippen LogP) is 3.50. The van der Waals surface area contributed by atoms with Crippen molar-refractivity contribution in [2.75, 3.05) is 24.5 Å². The van der Waals surface area contributed by atoms with Crippen molar-refractivity contribution in [1.29, 1.82) is 0 Å². The molecule has 0 atom stereocenters. The van der Waals surface area contributed by atoms with Gasteiger partial charge in [-0.2, -0.15) is 4.37 Å². The molecule has 3 rings (SSSR count). The van der Waals surface area contributed by atoms with Crippen LogP contribution < -0.4 is 4.90 Å². The Kier molecular flexibility index (Phi) is 6.19. The van der Waals surface area contributed by atoms with Gasteiger partial charge in [-0.05, 0) is 44.4 Å². The molecule has 1 aromatic carbocycles. The van der Waals surface area contributed by atoms with Gasteiger partial charge < -0.3 is 9.80 Å². The Morgan fingerprint density at radius 2 is 1.96 bits per heavy atom. The molecule has 1 aromatic heterocycles. The van der Waals surface area contributed by atoms with E-state index in [0.29, 0.717) is 19.4 Å². The molecule has 0 spiro atoms. The van der Waals surface area contributed by atoms with Crippen LogP contribution in [0, 0.1) is 5.82 Å². The summed E-state index contributed by atoms with van der Waals surface area (Å²) in [7, 11) is 0. The third-order valence-corrected chi connectivity index (χ3v) is 5.42. The molecular weight excluding hydrogens is 351 g/mol. The maximum Gasteiger partial charge on any atom is 0.224 e. The van der Waals surface area contributed by atoms with E-state index >= 15 is 0 Å². The lowest BCUT2D eigenvalue weighted by atomic mass is 10.1. The number of carbonyl (C=O) groups excluding carboxylic acids is 1. The summed E-state index contributed by atoms with van der Waals surface area (Å²) < 4.78 is 17.5. The molecule has 1 fully saturated rings. The molecule has 5 nitrogen and oxygen atoms in total. The van der Waals surface area contributed by atoms with Crippen LogP contribution in [-0.2, 0) is 11.2 Å². The number of carbonyl (C=O) groups is 1. The van der Waals surface area contributed by atoms with E-state index in [0.717, 1.165) is 42.5 Å². The lowest BCUT2D eigenvalue weighted by molar-refractivity contribution is -0.129. The van der Waals surface area contributed by atoms with Crippen LogP contribution in [0.2, 0.25) is 0 Å². The smallest absolute Gasteiger partial charge is 0.224 e. The molecule has 2 heterocycles. The maximum absolute atomic E-state index is 13.0. The number of hydrogen-bond acceptors (Lipinski definition) is 5. The number of rotatable bonds is 7. The summed E-state index contributed by atoms with van der Waals surface area (Å²) in [6.45, 7) is 6.63. The molecule has 0 bridgehead atoms. The third kappa shape index (κ3) is 4.78. The van der Waals surface area contributed by atoms with Crippen molar-refractivity contribution in [2.45, 2.75) is 45.6 Å². The van der Waals surface area contributed by atoms with Crippen LogP contribution in [0.15, 0.2) is 24.3 Å². The molecule has 140 valence electrons. The summed E-state index contributed by atoms with van der Waals surface area (Å²) >= 11 is 1.36. The first-order valence-electron chi connectivity index (χ1n) is 9.14. The first-order chi connectivity index (χ1) is 12.5. The minimum absolute atomic E-state index is 0.226. The first kappa shape index (κ1) is 18.8. The maximum atomic E-state index is 13.0. The van der Waals surface area contributed by atoms with E-state index in [2.05, 4.69) is 28.1 Å². The standard InChI is InChI=1S/C19H25FN4OS/c1-14(2)24(12-9-18(25)23-10-3-4-11-23)19-21-17(22-26-19)13-15-5-7-16(20)8-6-15/h5-8,14H,3-4,9-13H2,1-2H3. The van der Waals surface area contributed by atoms with Gasteiger partial charge in [0.15, 0.2) is 0 Å². The van der Waals surface area contributed by atoms with Crippen molar-refractivity contribution in [3.8, 4) is 0 Å². The molecule has 26 heavy (non-hydrogen) atoms. The van der Waals surface area contributed by atoms with Crippen LogP contribution in [0.5, 0.6) is 0 Å². The molecule has 1 aliphatic heterocycles. The van der Waals surface area contributed by atoms with Crippen LogP contribution >= 0.6 is 11.5 Å². The second-order valence-corrected chi connectivity index (χ2v) is 7.65. The Hall–Kier alpha value is -2.02. The van der Waals surface area contributed by atoms with Gasteiger partial charge in [-0.1, -0.05) is 12.1 Å². The normalized spacial score (nSPS) is 14.2. The van der Waals surface area contributed by atoms with Crippen LogP contribution in [-0.4, -0.2) is 45.8 Å². The molecule has 1 saturated heterocycles. The van der Waals surface area contributed by atoms with Gasteiger partial charge in [-0.3, -0.25) is 4.79 Å². The van der Waals surface area contributed by atoms with Gasteiger partial charge in [-0.15, -0.1) is 0 Å². The number of amides is 1. The Morgan fingerprint density at radius 3 is 2.62 bits per heavy atom. The first-order valence-corrected chi connectivity index (χ1v) is 9.91. The molecule has 0 saturated carbocycles. The monoisotopic (exact) mass is 376 g/mol. The highest BCUT2D eigenvalue weighted by molar-refractivity contribution is 7.09. The second kappa shape index (κ2) is 8.58. The zero-order chi connectivity index (χ0) is 18.5. The minimum Gasteiger partial charge on any atom is -0.344 e. The van der Waals surface area contributed by atoms with E-state index in [1.54, 1.807) is 12.1 Å². The van der Waals surface area contributed by atoms with Gasteiger partial charge in [0.05, 0.1) is 0 Å². The lowest BCUT2D eigenvalue weighted by Crippen LogP contribution is -2.36. The zero-order valence-corrected chi connectivity index (χ0v) is 16.1. The Balaban J connectivity index is 1.61. The van der Waals surface area contributed by atoms with Crippen molar-refractivity contribution < 1.29 is 9.18 Å². The van der Waals surface area contributed by atoms with E-state index in [4.69, 9.17) is 0 Å². The van der Waals surface area contributed by atoms with Crippen molar-refractivity contribution in [1.82, 2.24) is 14.3 Å². The van der Waals surface area contributed by atoms with Gasteiger partial charge in [-0.25, -0.2) is 9.37 Å². The van der Waals surface area contributed by atoms with E-state index in [1.165, 1.54) is 23.7 Å². The number of halogens is 1. The highest BCUT2D eigenvalue weighted by Crippen LogP contribution is 2.22. The molecule has 0 aliphatic carbocycles. The fourth-order valence-electron chi connectivity index (χ4n) is 3.13. The van der Waals surface area contributed by atoms with Crippen LogP contribution in [0.1, 0.15) is 44.5 Å². The summed E-state index contributed by atoms with van der Waals surface area (Å²) in [6.07, 6.45) is 3.31. The van der Waals surface area contributed by atoms with Crippen molar-refractivity contribution in [3.05, 3.63) is 41.5 Å². The molecule has 0 radical (unpaired) electrons. The minimum atomic E-state index is -0.241. The molecule has 0 unspecified atom stereocenters. The second-order valence-electron chi connectivity index (χ2n) is 6.92. The topological polar surface area (TPSA) is 49.3 Å². The molecule has 1 aliphatic rings. The lowest BCUT2D eigenvalue weighted by Gasteiger charge is -2.26. The van der Waals surface area contributed by atoms with Crippen molar-refractivity contribution in [3.63, 3.8) is 0 Å². The largest absolute Gasteiger partial charge is 0.344 e. The summed E-state index contributed by atoms with van der Waals surface area (Å²) in [5.41, 5.74) is 0.982. The zero-order valence-electron chi connectivity index (χ0n) is 15.3. The SMILES string of the molecule is CC(C)N(CCC(=O)N1CCCC1)c1nc(Cc2ccc(F)cc2)ns1. The van der Waals surface area contributed by atoms with Gasteiger partial charge in [0.2, 0.25) is 11.0 Å². The summed E-state index contributed by atoms with van der Waals surface area (Å²) in [5, 5.41) is 0.839. The van der Waals surface area contributed by atoms with Gasteiger partial charge in [0.25, 0.3) is 0 Å². The third-order valence-electron chi connectivity index (χ3n) is 4.63. The Morgan fingerprint density at radius 1 is 1.27 bits per heavy atom. The highest BCUT2D eigenvalue weighted by Gasteiger charge is 2.21. The number of aromatic nitrogens is 2. The number of likely N-dealkylation sites (tertiary alicyclic amines) is 1. The number of benzene rings is 1. The summed E-state index contributed by atoms with van der Waals surface area (Å²) in [4.78, 5) is 21.0. The van der Waals surface area contributed by atoms with Crippen molar-refractivity contribution in [2.24, 2.45) is 0 Å². The Bertz CT molecular complexity index is 725. The highest BCUT2D eigenvalue weighted by atomic mass is 32.1. The van der Waals surface area contributed by atoms with E-state index in [-0.39, 0.29) is 17.8 Å². The van der Waals surface area contributed by atoms with E-state index in [1.807, 2.05) is 4.90 Å². The van der Waals surface area contributed by atoms with Crippen LogP contribution in [0.3, 0.4) is 0 Å². The quantitative estimate of drug-likeness (QED) is 0.742. The van der Waals surface area contributed by atoms with Crippen LogP contribution in [0.4, 0.5) is 9.52 Å².